The standard InChI is InChI=1S/C23H26FN3O3/c24-17-6-1-15(2-7-17)21-12-19(30-27-21)13-25-18-8-3-14(4-9-18)16-5-10-20-22(11-16)29-23(28)26-20/h1-2,5-7,10-11,14,18-19,21,25,27H,3-4,8-9,12-13H2,(H,26,28). The minimum Gasteiger partial charge on any atom is -0.408 e. The van der Waals surface area contributed by atoms with Gasteiger partial charge in [-0.05, 0) is 73.4 Å². The summed E-state index contributed by atoms with van der Waals surface area (Å²) in [6, 6.07) is 13.2. The van der Waals surface area contributed by atoms with Crippen molar-refractivity contribution in [1.82, 2.24) is 15.8 Å². The van der Waals surface area contributed by atoms with Crippen molar-refractivity contribution in [3.63, 3.8) is 0 Å². The number of halogens is 1. The fraction of sp³-hybridized carbons (Fsp3) is 0.435. The summed E-state index contributed by atoms with van der Waals surface area (Å²) in [5.74, 6) is -0.121. The van der Waals surface area contributed by atoms with Crippen molar-refractivity contribution in [2.45, 2.75) is 56.2 Å². The van der Waals surface area contributed by atoms with Crippen LogP contribution in [0.2, 0.25) is 0 Å². The molecule has 2 unspecified atom stereocenters. The number of benzene rings is 2. The first-order valence-corrected chi connectivity index (χ1v) is 10.7. The van der Waals surface area contributed by atoms with Crippen LogP contribution in [0.3, 0.4) is 0 Å². The van der Waals surface area contributed by atoms with E-state index < -0.39 is 5.76 Å². The number of fused-ring (bicyclic) bond motifs is 1. The number of hydrogen-bond acceptors (Lipinski definition) is 5. The molecule has 1 aliphatic carbocycles. The van der Waals surface area contributed by atoms with Crippen LogP contribution < -0.4 is 16.6 Å². The molecular weight excluding hydrogens is 385 g/mol. The van der Waals surface area contributed by atoms with Crippen LogP contribution in [0.1, 0.15) is 55.2 Å². The maximum atomic E-state index is 13.1. The van der Waals surface area contributed by atoms with Gasteiger partial charge in [0.2, 0.25) is 0 Å². The Kier molecular flexibility index (Phi) is 5.41. The van der Waals surface area contributed by atoms with Crippen molar-refractivity contribution in [3.05, 3.63) is 70.0 Å². The molecule has 30 heavy (non-hydrogen) atoms. The SMILES string of the molecule is O=c1[nH]c2ccc(C3CCC(NCC4CC(c5ccc(F)cc5)NO4)CC3)cc2o1. The van der Waals surface area contributed by atoms with Crippen LogP contribution in [0.5, 0.6) is 0 Å². The predicted octanol–water partition coefficient (Wildman–Crippen LogP) is 3.91. The highest BCUT2D eigenvalue weighted by Gasteiger charge is 2.28. The van der Waals surface area contributed by atoms with Crippen molar-refractivity contribution < 1.29 is 13.6 Å². The van der Waals surface area contributed by atoms with Crippen LogP contribution in [0, 0.1) is 5.82 Å². The highest BCUT2D eigenvalue weighted by molar-refractivity contribution is 5.72. The van der Waals surface area contributed by atoms with Crippen molar-refractivity contribution in [2.24, 2.45) is 0 Å². The zero-order valence-corrected chi connectivity index (χ0v) is 16.7. The smallest absolute Gasteiger partial charge is 0.408 e. The van der Waals surface area contributed by atoms with Crippen LogP contribution in [-0.4, -0.2) is 23.7 Å². The molecule has 2 aromatic carbocycles. The first-order valence-electron chi connectivity index (χ1n) is 10.7. The highest BCUT2D eigenvalue weighted by Crippen LogP contribution is 2.34. The summed E-state index contributed by atoms with van der Waals surface area (Å²) in [5, 5.41) is 3.66. The third kappa shape index (κ3) is 4.19. The monoisotopic (exact) mass is 411 g/mol. The van der Waals surface area contributed by atoms with Gasteiger partial charge >= 0.3 is 5.76 Å². The molecular formula is C23H26FN3O3. The number of nitrogens with one attached hydrogen (secondary N) is 3. The lowest BCUT2D eigenvalue weighted by molar-refractivity contribution is 0.0248. The second-order valence-electron chi connectivity index (χ2n) is 8.42. The molecule has 1 saturated carbocycles. The average molecular weight is 411 g/mol. The van der Waals surface area contributed by atoms with Gasteiger partial charge in [0.05, 0.1) is 17.7 Å². The Morgan fingerprint density at radius 3 is 2.60 bits per heavy atom. The molecule has 2 fully saturated rings. The summed E-state index contributed by atoms with van der Waals surface area (Å²) in [6.07, 6.45) is 5.43. The summed E-state index contributed by atoms with van der Waals surface area (Å²) in [4.78, 5) is 19.8. The second-order valence-corrected chi connectivity index (χ2v) is 8.42. The van der Waals surface area contributed by atoms with Gasteiger partial charge in [-0.3, -0.25) is 9.82 Å². The molecule has 0 radical (unpaired) electrons. The maximum Gasteiger partial charge on any atom is 0.417 e. The van der Waals surface area contributed by atoms with E-state index in [2.05, 4.69) is 21.8 Å². The maximum absolute atomic E-state index is 13.1. The molecule has 1 saturated heterocycles. The number of H-pyrrole nitrogens is 1. The van der Waals surface area contributed by atoms with Crippen molar-refractivity contribution >= 4 is 11.1 Å². The Morgan fingerprint density at radius 2 is 1.80 bits per heavy atom. The van der Waals surface area contributed by atoms with E-state index in [0.29, 0.717) is 17.5 Å². The van der Waals surface area contributed by atoms with E-state index >= 15 is 0 Å². The number of aromatic nitrogens is 1. The van der Waals surface area contributed by atoms with E-state index in [9.17, 15) is 9.18 Å². The quantitative estimate of drug-likeness (QED) is 0.593. The Bertz CT molecular complexity index is 1050. The Morgan fingerprint density at radius 1 is 1.03 bits per heavy atom. The third-order valence-corrected chi connectivity index (χ3v) is 6.43. The zero-order chi connectivity index (χ0) is 20.5. The number of oxazole rings is 1. The van der Waals surface area contributed by atoms with Gasteiger partial charge in [-0.2, -0.15) is 5.48 Å². The van der Waals surface area contributed by atoms with Gasteiger partial charge in [-0.15, -0.1) is 0 Å². The van der Waals surface area contributed by atoms with E-state index in [1.807, 2.05) is 24.3 Å². The minimum absolute atomic E-state index is 0.108. The fourth-order valence-electron chi connectivity index (χ4n) is 4.71. The zero-order valence-electron chi connectivity index (χ0n) is 16.7. The molecule has 6 nitrogen and oxygen atoms in total. The molecule has 158 valence electrons. The molecule has 0 bridgehead atoms. The first-order chi connectivity index (χ1) is 14.6. The van der Waals surface area contributed by atoms with Gasteiger partial charge in [-0.1, -0.05) is 18.2 Å². The van der Waals surface area contributed by atoms with E-state index in [1.165, 1.54) is 17.7 Å². The van der Waals surface area contributed by atoms with Crippen molar-refractivity contribution in [1.29, 1.82) is 0 Å². The van der Waals surface area contributed by atoms with E-state index in [4.69, 9.17) is 9.25 Å². The molecule has 7 heteroatoms. The molecule has 0 spiro atoms. The molecule has 2 atom stereocenters. The minimum atomic E-state index is -0.402. The number of hydroxylamine groups is 1. The summed E-state index contributed by atoms with van der Waals surface area (Å²) >= 11 is 0. The largest absolute Gasteiger partial charge is 0.417 e. The van der Waals surface area contributed by atoms with Gasteiger partial charge in [0.1, 0.15) is 5.82 Å². The summed E-state index contributed by atoms with van der Waals surface area (Å²) in [7, 11) is 0. The van der Waals surface area contributed by atoms with Gasteiger partial charge in [0.15, 0.2) is 5.58 Å². The Labute approximate surface area is 173 Å². The first kappa shape index (κ1) is 19.5. The molecule has 5 rings (SSSR count). The predicted molar refractivity (Wildman–Crippen MR) is 112 cm³/mol. The molecule has 3 aromatic rings. The number of rotatable bonds is 5. The van der Waals surface area contributed by atoms with Gasteiger partial charge in [0, 0.05) is 12.6 Å². The van der Waals surface area contributed by atoms with E-state index in [0.717, 1.165) is 49.7 Å². The second kappa shape index (κ2) is 8.34. The lowest BCUT2D eigenvalue weighted by Gasteiger charge is -2.30. The van der Waals surface area contributed by atoms with Gasteiger partial charge in [-0.25, -0.2) is 9.18 Å². The third-order valence-electron chi connectivity index (χ3n) is 6.43. The topological polar surface area (TPSA) is 79.3 Å². The molecule has 1 aromatic heterocycles. The summed E-state index contributed by atoms with van der Waals surface area (Å²) < 4.78 is 18.3. The molecule has 2 aliphatic rings. The number of aromatic amines is 1. The van der Waals surface area contributed by atoms with E-state index in [-0.39, 0.29) is 18.0 Å². The van der Waals surface area contributed by atoms with Crippen LogP contribution in [-0.2, 0) is 4.84 Å². The highest BCUT2D eigenvalue weighted by atomic mass is 19.1. The van der Waals surface area contributed by atoms with E-state index in [1.54, 1.807) is 0 Å². The fourth-order valence-corrected chi connectivity index (χ4v) is 4.71. The average Bonchev–Trinajstić information content (AvgIpc) is 3.38. The van der Waals surface area contributed by atoms with Gasteiger partial charge in [0.25, 0.3) is 0 Å². The van der Waals surface area contributed by atoms with Crippen LogP contribution in [0.15, 0.2) is 51.7 Å². The summed E-state index contributed by atoms with van der Waals surface area (Å²) in [6.45, 7) is 0.806. The molecule has 2 heterocycles. The Balaban J connectivity index is 1.10. The number of hydrogen-bond donors (Lipinski definition) is 3. The lowest BCUT2D eigenvalue weighted by Crippen LogP contribution is -2.38. The van der Waals surface area contributed by atoms with Crippen LogP contribution >= 0.6 is 0 Å². The molecule has 3 N–H and O–H groups in total. The van der Waals surface area contributed by atoms with Crippen molar-refractivity contribution in [2.75, 3.05) is 6.54 Å². The normalized spacial score (nSPS) is 27.0. The summed E-state index contributed by atoms with van der Waals surface area (Å²) in [5.41, 5.74) is 6.77. The molecule has 0 amide bonds. The van der Waals surface area contributed by atoms with Crippen LogP contribution in [0.4, 0.5) is 4.39 Å². The molecule has 1 aliphatic heterocycles. The lowest BCUT2D eigenvalue weighted by atomic mass is 9.81. The van der Waals surface area contributed by atoms with Crippen LogP contribution in [0.25, 0.3) is 11.1 Å². The Hall–Kier alpha value is -2.48. The van der Waals surface area contributed by atoms with Gasteiger partial charge < -0.3 is 9.73 Å². The van der Waals surface area contributed by atoms with Crippen molar-refractivity contribution in [3.8, 4) is 0 Å².